The maximum Gasteiger partial charge on any atom is 0.0807 e. The monoisotopic (exact) mass is 261 g/mol. The summed E-state index contributed by atoms with van der Waals surface area (Å²) in [6, 6.07) is 9.09. The van der Waals surface area contributed by atoms with E-state index < -0.39 is 0 Å². The van der Waals surface area contributed by atoms with Crippen LogP contribution in [0.25, 0.3) is 0 Å². The Morgan fingerprint density at radius 1 is 1.21 bits per heavy atom. The van der Waals surface area contributed by atoms with Gasteiger partial charge in [0.2, 0.25) is 0 Å². The fourth-order valence-electron chi connectivity index (χ4n) is 3.77. The largest absolute Gasteiger partial charge is 0.393 e. The molecule has 2 fully saturated rings. The van der Waals surface area contributed by atoms with Gasteiger partial charge in [-0.3, -0.25) is 0 Å². The number of anilines is 1. The van der Waals surface area contributed by atoms with Crippen molar-refractivity contribution in [2.45, 2.75) is 63.3 Å². The standard InChI is InChI=1S/C16H23NO2/c1-2-16(19)14-5-3-4-6-15(14)17-11-7-8-12(17)10-13(18)9-11/h3-6,11-13,16,18-19H,2,7-10H2,1H3/t11?,12?,13?,16-/m0/s1. The Hall–Kier alpha value is -1.06. The molecule has 0 aliphatic carbocycles. The van der Waals surface area contributed by atoms with Gasteiger partial charge in [-0.15, -0.1) is 0 Å². The minimum atomic E-state index is -0.387. The highest BCUT2D eigenvalue weighted by Gasteiger charge is 2.41. The molecular formula is C16H23NO2. The van der Waals surface area contributed by atoms with Crippen LogP contribution in [0.2, 0.25) is 0 Å². The normalized spacial score (nSPS) is 31.5. The first-order chi connectivity index (χ1) is 9.20. The van der Waals surface area contributed by atoms with Gasteiger partial charge in [0.25, 0.3) is 0 Å². The van der Waals surface area contributed by atoms with E-state index in [0.717, 1.165) is 37.7 Å². The number of para-hydroxylation sites is 1. The fourth-order valence-corrected chi connectivity index (χ4v) is 3.77. The van der Waals surface area contributed by atoms with Gasteiger partial charge in [-0.25, -0.2) is 0 Å². The van der Waals surface area contributed by atoms with Gasteiger partial charge in [-0.1, -0.05) is 25.1 Å². The zero-order chi connectivity index (χ0) is 13.4. The molecule has 3 atom stereocenters. The molecule has 0 spiro atoms. The summed E-state index contributed by atoms with van der Waals surface area (Å²) in [6.45, 7) is 2.01. The van der Waals surface area contributed by atoms with Crippen LogP contribution in [-0.2, 0) is 0 Å². The second kappa shape index (κ2) is 5.14. The second-order valence-corrected chi connectivity index (χ2v) is 5.90. The molecule has 3 heteroatoms. The van der Waals surface area contributed by atoms with Crippen LogP contribution in [0.4, 0.5) is 5.69 Å². The van der Waals surface area contributed by atoms with Gasteiger partial charge in [-0.2, -0.15) is 0 Å². The third kappa shape index (κ3) is 2.26. The summed E-state index contributed by atoms with van der Waals surface area (Å²) in [5.74, 6) is 0. The summed E-state index contributed by atoms with van der Waals surface area (Å²) in [7, 11) is 0. The van der Waals surface area contributed by atoms with Crippen molar-refractivity contribution in [3.63, 3.8) is 0 Å². The molecule has 2 unspecified atom stereocenters. The van der Waals surface area contributed by atoms with Gasteiger partial charge in [0.1, 0.15) is 0 Å². The molecule has 2 N–H and O–H groups in total. The second-order valence-electron chi connectivity index (χ2n) is 5.90. The van der Waals surface area contributed by atoms with E-state index in [1.165, 1.54) is 5.69 Å². The molecule has 0 saturated carbocycles. The molecular weight excluding hydrogens is 238 g/mol. The van der Waals surface area contributed by atoms with E-state index in [9.17, 15) is 10.2 Å². The summed E-state index contributed by atoms with van der Waals surface area (Å²) < 4.78 is 0. The summed E-state index contributed by atoms with van der Waals surface area (Å²) >= 11 is 0. The Balaban J connectivity index is 1.95. The fraction of sp³-hybridized carbons (Fsp3) is 0.625. The lowest BCUT2D eigenvalue weighted by molar-refractivity contribution is 0.125. The van der Waals surface area contributed by atoms with Crippen molar-refractivity contribution < 1.29 is 10.2 Å². The molecule has 2 aliphatic heterocycles. The molecule has 0 aromatic heterocycles. The Kier molecular flexibility index (Phi) is 3.50. The van der Waals surface area contributed by atoms with Gasteiger partial charge >= 0.3 is 0 Å². The average Bonchev–Trinajstić information content (AvgIpc) is 2.70. The number of rotatable bonds is 3. The van der Waals surface area contributed by atoms with Crippen LogP contribution in [0.1, 0.15) is 50.7 Å². The number of aliphatic hydroxyl groups excluding tert-OH is 2. The Morgan fingerprint density at radius 2 is 1.84 bits per heavy atom. The van der Waals surface area contributed by atoms with Crippen molar-refractivity contribution >= 4 is 5.69 Å². The van der Waals surface area contributed by atoms with E-state index in [1.807, 2.05) is 25.1 Å². The van der Waals surface area contributed by atoms with Gasteiger partial charge in [0, 0.05) is 23.3 Å². The lowest BCUT2D eigenvalue weighted by atomic mass is 9.96. The number of benzene rings is 1. The van der Waals surface area contributed by atoms with Crippen LogP contribution in [0.3, 0.4) is 0 Å². The third-order valence-corrected chi connectivity index (χ3v) is 4.67. The molecule has 3 rings (SSSR count). The highest BCUT2D eigenvalue weighted by atomic mass is 16.3. The minimum absolute atomic E-state index is 0.142. The topological polar surface area (TPSA) is 43.7 Å². The van der Waals surface area contributed by atoms with E-state index in [0.29, 0.717) is 12.1 Å². The number of hydrogen-bond acceptors (Lipinski definition) is 3. The first-order valence-corrected chi connectivity index (χ1v) is 7.44. The van der Waals surface area contributed by atoms with Crippen LogP contribution in [-0.4, -0.2) is 28.4 Å². The maximum atomic E-state index is 10.2. The zero-order valence-corrected chi connectivity index (χ0v) is 11.5. The SMILES string of the molecule is CC[C@H](O)c1ccccc1N1C2CCC1CC(O)C2. The van der Waals surface area contributed by atoms with Gasteiger partial charge < -0.3 is 15.1 Å². The van der Waals surface area contributed by atoms with Crippen LogP contribution >= 0.6 is 0 Å². The van der Waals surface area contributed by atoms with E-state index >= 15 is 0 Å². The van der Waals surface area contributed by atoms with Crippen LogP contribution in [0, 0.1) is 0 Å². The first-order valence-electron chi connectivity index (χ1n) is 7.44. The Bertz CT molecular complexity index is 434. The number of aliphatic hydroxyl groups is 2. The number of piperidine rings is 1. The molecule has 1 aromatic carbocycles. The van der Waals surface area contributed by atoms with Crippen molar-refractivity contribution in [2.24, 2.45) is 0 Å². The summed E-state index contributed by atoms with van der Waals surface area (Å²) in [4.78, 5) is 2.46. The summed E-state index contributed by atoms with van der Waals surface area (Å²) in [5, 5.41) is 20.1. The van der Waals surface area contributed by atoms with Crippen LogP contribution in [0.5, 0.6) is 0 Å². The molecule has 2 aliphatic rings. The quantitative estimate of drug-likeness (QED) is 0.879. The van der Waals surface area contributed by atoms with E-state index in [2.05, 4.69) is 11.0 Å². The average molecular weight is 261 g/mol. The Morgan fingerprint density at radius 3 is 2.47 bits per heavy atom. The molecule has 3 nitrogen and oxygen atoms in total. The number of fused-ring (bicyclic) bond motifs is 2. The van der Waals surface area contributed by atoms with Crippen molar-refractivity contribution in [3.8, 4) is 0 Å². The molecule has 19 heavy (non-hydrogen) atoms. The first kappa shape index (κ1) is 12.9. The van der Waals surface area contributed by atoms with Crippen molar-refractivity contribution in [3.05, 3.63) is 29.8 Å². The number of nitrogens with zero attached hydrogens (tertiary/aromatic N) is 1. The number of hydrogen-bond donors (Lipinski definition) is 2. The molecule has 2 saturated heterocycles. The van der Waals surface area contributed by atoms with Crippen molar-refractivity contribution in [2.75, 3.05) is 4.90 Å². The van der Waals surface area contributed by atoms with Crippen LogP contribution in [0.15, 0.2) is 24.3 Å². The van der Waals surface area contributed by atoms with E-state index in [4.69, 9.17) is 0 Å². The van der Waals surface area contributed by atoms with Crippen molar-refractivity contribution in [1.82, 2.24) is 0 Å². The van der Waals surface area contributed by atoms with Gasteiger partial charge in [0.15, 0.2) is 0 Å². The summed E-state index contributed by atoms with van der Waals surface area (Å²) in [6.07, 6.45) is 4.28. The van der Waals surface area contributed by atoms with Gasteiger partial charge in [0.05, 0.1) is 12.2 Å². The predicted molar refractivity (Wildman–Crippen MR) is 76.2 cm³/mol. The molecule has 1 aromatic rings. The minimum Gasteiger partial charge on any atom is -0.393 e. The summed E-state index contributed by atoms with van der Waals surface area (Å²) in [5.41, 5.74) is 2.22. The van der Waals surface area contributed by atoms with E-state index in [1.54, 1.807) is 0 Å². The molecule has 0 amide bonds. The molecule has 2 bridgehead atoms. The van der Waals surface area contributed by atoms with Gasteiger partial charge in [-0.05, 0) is 38.2 Å². The predicted octanol–water partition coefficient (Wildman–Crippen LogP) is 2.62. The molecule has 104 valence electrons. The lowest BCUT2D eigenvalue weighted by Crippen LogP contribution is -2.45. The Labute approximate surface area is 114 Å². The van der Waals surface area contributed by atoms with Crippen LogP contribution < -0.4 is 4.90 Å². The van der Waals surface area contributed by atoms with Crippen molar-refractivity contribution in [1.29, 1.82) is 0 Å². The zero-order valence-electron chi connectivity index (χ0n) is 11.5. The van der Waals surface area contributed by atoms with E-state index in [-0.39, 0.29) is 12.2 Å². The highest BCUT2D eigenvalue weighted by molar-refractivity contribution is 5.57. The smallest absolute Gasteiger partial charge is 0.0807 e. The molecule has 2 heterocycles. The highest BCUT2D eigenvalue weighted by Crippen LogP contribution is 2.42. The lowest BCUT2D eigenvalue weighted by Gasteiger charge is -2.40. The molecule has 0 radical (unpaired) electrons. The third-order valence-electron chi connectivity index (χ3n) is 4.67. The maximum absolute atomic E-state index is 10.2.